The topological polar surface area (TPSA) is 224 Å². The van der Waals surface area contributed by atoms with Crippen molar-refractivity contribution in [1.29, 1.82) is 0 Å². The average Bonchev–Trinajstić information content (AvgIpc) is 3.13. The first kappa shape index (κ1) is 29.6. The van der Waals surface area contributed by atoms with Crippen LogP contribution in [0.4, 0.5) is 0 Å². The second-order valence-corrected chi connectivity index (χ2v) is 16.7. The highest BCUT2D eigenvalue weighted by molar-refractivity contribution is 7.92. The van der Waals surface area contributed by atoms with E-state index in [9.17, 15) is 43.9 Å². The first-order chi connectivity index (χ1) is 14.0. The van der Waals surface area contributed by atoms with Crippen molar-refractivity contribution in [2.75, 3.05) is 64.4 Å². The van der Waals surface area contributed by atoms with Crippen LogP contribution in [0, 0.1) is 0 Å². The van der Waals surface area contributed by atoms with E-state index in [4.69, 9.17) is 10.2 Å². The van der Waals surface area contributed by atoms with E-state index >= 15 is 0 Å². The van der Waals surface area contributed by atoms with Crippen molar-refractivity contribution in [3.8, 4) is 0 Å². The maximum atomic E-state index is 11.4. The van der Waals surface area contributed by atoms with Crippen molar-refractivity contribution in [1.82, 2.24) is 8.61 Å². The number of aliphatic hydroxyl groups excluding tert-OH is 2. The molecule has 0 bridgehead atoms. The van der Waals surface area contributed by atoms with Crippen LogP contribution in [0.25, 0.3) is 0 Å². The third kappa shape index (κ3) is 6.80. The summed E-state index contributed by atoms with van der Waals surface area (Å²) in [7, 11) is -14.4. The Morgan fingerprint density at radius 2 is 0.906 bits per heavy atom. The number of hydrogen-bond acceptors (Lipinski definition) is 12. The van der Waals surface area contributed by atoms with Crippen LogP contribution < -0.4 is 0 Å². The van der Waals surface area contributed by atoms with E-state index in [2.05, 4.69) is 0 Å². The van der Waals surface area contributed by atoms with Gasteiger partial charge in [0, 0.05) is 38.7 Å². The molecule has 2 rings (SSSR count). The minimum atomic E-state index is -3.63. The largest absolute Gasteiger partial charge is 0.393 e. The van der Waals surface area contributed by atoms with Crippen LogP contribution in [-0.4, -0.2) is 149 Å². The predicted molar refractivity (Wildman–Crippen MR) is 114 cm³/mol. The molecule has 0 aromatic carbocycles. The lowest BCUT2D eigenvalue weighted by molar-refractivity contribution is 0.00163. The molecular weight excluding hydrogens is 516 g/mol. The molecule has 0 unspecified atom stereocenters. The summed E-state index contributed by atoms with van der Waals surface area (Å²) in [5.41, 5.74) is -3.84. The summed E-state index contributed by atoms with van der Waals surface area (Å²) in [6.07, 6.45) is 3.67. The van der Waals surface area contributed by atoms with Gasteiger partial charge in [0.1, 0.15) is 21.7 Å². The van der Waals surface area contributed by atoms with Crippen molar-refractivity contribution in [2.45, 2.75) is 21.7 Å². The fraction of sp³-hybridized carbons (Fsp3) is 1.00. The van der Waals surface area contributed by atoms with Gasteiger partial charge in [0.25, 0.3) is 0 Å². The molecule has 2 saturated heterocycles. The lowest BCUT2D eigenvalue weighted by Gasteiger charge is -2.24. The number of rotatable bonds is 6. The summed E-state index contributed by atoms with van der Waals surface area (Å²) in [4.78, 5) is 0. The Kier molecular flexibility index (Phi) is 8.61. The molecule has 32 heavy (non-hydrogen) atoms. The summed E-state index contributed by atoms with van der Waals surface area (Å²) in [5.74, 6) is 0. The Morgan fingerprint density at radius 3 is 1.03 bits per heavy atom. The minimum absolute atomic E-state index is 0.325. The van der Waals surface area contributed by atoms with Crippen molar-refractivity contribution in [3.05, 3.63) is 0 Å². The standard InChI is InChI=1S/2C7H15NO6S2/c2*1-15(11,12)6-3-8(16(2,13)14)4-7(6,10)5-9/h2*6,9-10H,3-5H2,1-2H3/t6-,7+;6-,7-/m00/s1. The molecule has 0 amide bonds. The van der Waals surface area contributed by atoms with Gasteiger partial charge in [-0.15, -0.1) is 0 Å². The Morgan fingerprint density at radius 1 is 0.656 bits per heavy atom. The molecule has 0 spiro atoms. The van der Waals surface area contributed by atoms with Gasteiger partial charge in [0.2, 0.25) is 20.0 Å². The highest BCUT2D eigenvalue weighted by Crippen LogP contribution is 2.29. The zero-order chi connectivity index (χ0) is 25.6. The number of sulfone groups is 2. The molecule has 4 N–H and O–H groups in total. The SMILES string of the molecule is CS(=O)(=O)[C@H]1CN(S(C)(=O)=O)C[C@@]1(O)CO.CS(=O)(=O)[C@H]1CN(S(C)(=O)=O)C[C@]1(O)CO. The maximum Gasteiger partial charge on any atom is 0.211 e. The Balaban J connectivity index is 0.000000320. The molecular formula is C14H30N2O12S4. The number of nitrogens with zero attached hydrogens (tertiary/aromatic N) is 2. The van der Waals surface area contributed by atoms with Crippen LogP contribution in [0.15, 0.2) is 0 Å². The van der Waals surface area contributed by atoms with Gasteiger partial charge in [0.05, 0.1) is 25.7 Å². The molecule has 2 aliphatic heterocycles. The van der Waals surface area contributed by atoms with Gasteiger partial charge >= 0.3 is 0 Å². The summed E-state index contributed by atoms with van der Waals surface area (Å²) < 4.78 is 92.3. The molecule has 2 heterocycles. The molecule has 2 fully saturated rings. The Hall–Kier alpha value is -0.440. The molecule has 18 heteroatoms. The van der Waals surface area contributed by atoms with Gasteiger partial charge in [-0.25, -0.2) is 33.7 Å². The summed E-state index contributed by atoms with van der Waals surface area (Å²) in [6.45, 7) is -3.04. The van der Waals surface area contributed by atoms with E-state index in [-0.39, 0.29) is 13.1 Å². The molecule has 4 atom stereocenters. The minimum Gasteiger partial charge on any atom is -0.393 e. The van der Waals surface area contributed by atoms with E-state index in [1.165, 1.54) is 0 Å². The Labute approximate surface area is 188 Å². The predicted octanol–water partition coefficient (Wildman–Crippen LogP) is -5.20. The van der Waals surface area contributed by atoms with E-state index < -0.39 is 87.7 Å². The van der Waals surface area contributed by atoms with Crippen LogP contribution in [0.2, 0.25) is 0 Å². The summed E-state index contributed by atoms with van der Waals surface area (Å²) in [6, 6.07) is 0. The van der Waals surface area contributed by atoms with Crippen molar-refractivity contribution in [2.24, 2.45) is 0 Å². The van der Waals surface area contributed by atoms with E-state index in [1.807, 2.05) is 0 Å². The normalized spacial score (nSPS) is 33.1. The zero-order valence-corrected chi connectivity index (χ0v) is 21.2. The molecule has 2 aliphatic rings. The van der Waals surface area contributed by atoms with Crippen molar-refractivity contribution < 1.29 is 54.1 Å². The fourth-order valence-electron chi connectivity index (χ4n) is 3.53. The number of hydrogen-bond donors (Lipinski definition) is 4. The summed E-state index contributed by atoms with van der Waals surface area (Å²) >= 11 is 0. The lowest BCUT2D eigenvalue weighted by atomic mass is 10.1. The molecule has 0 radical (unpaired) electrons. The zero-order valence-electron chi connectivity index (χ0n) is 18.0. The Bertz CT molecular complexity index is 1030. The number of β-amino-alcohol motifs (C(OH)–C–C–N with tert-alkyl or cyclic N) is 2. The van der Waals surface area contributed by atoms with Gasteiger partial charge in [-0.3, -0.25) is 0 Å². The van der Waals surface area contributed by atoms with Gasteiger partial charge in [-0.2, -0.15) is 8.61 Å². The van der Waals surface area contributed by atoms with E-state index in [0.717, 1.165) is 33.6 Å². The van der Waals surface area contributed by atoms with Crippen LogP contribution in [-0.2, 0) is 39.7 Å². The number of aliphatic hydroxyl groups is 4. The average molecular weight is 547 g/mol. The van der Waals surface area contributed by atoms with Crippen molar-refractivity contribution in [3.63, 3.8) is 0 Å². The van der Waals surface area contributed by atoms with Crippen LogP contribution >= 0.6 is 0 Å². The van der Waals surface area contributed by atoms with Gasteiger partial charge in [-0.05, 0) is 0 Å². The maximum absolute atomic E-state index is 11.4. The van der Waals surface area contributed by atoms with E-state index in [0.29, 0.717) is 0 Å². The second-order valence-electron chi connectivity index (χ2n) is 8.27. The highest BCUT2D eigenvalue weighted by atomic mass is 32.2. The second kappa shape index (κ2) is 9.31. The van der Waals surface area contributed by atoms with Gasteiger partial charge < -0.3 is 20.4 Å². The number of sulfonamides is 2. The molecule has 0 saturated carbocycles. The highest BCUT2D eigenvalue weighted by Gasteiger charge is 2.53. The third-order valence-electron chi connectivity index (χ3n) is 5.36. The molecule has 14 nitrogen and oxygen atoms in total. The third-order valence-corrected chi connectivity index (χ3v) is 11.0. The van der Waals surface area contributed by atoms with Gasteiger partial charge in [0.15, 0.2) is 19.7 Å². The lowest BCUT2D eigenvalue weighted by Crippen LogP contribution is -2.48. The molecule has 0 aromatic heterocycles. The first-order valence-electron chi connectivity index (χ1n) is 8.96. The fourth-order valence-corrected chi connectivity index (χ4v) is 8.27. The van der Waals surface area contributed by atoms with Crippen LogP contribution in [0.5, 0.6) is 0 Å². The van der Waals surface area contributed by atoms with Crippen LogP contribution in [0.1, 0.15) is 0 Å². The van der Waals surface area contributed by atoms with E-state index in [1.54, 1.807) is 0 Å². The monoisotopic (exact) mass is 546 g/mol. The quantitative estimate of drug-likeness (QED) is 0.245. The summed E-state index contributed by atoms with van der Waals surface area (Å²) in [5, 5.41) is 35.2. The smallest absolute Gasteiger partial charge is 0.211 e. The molecule has 192 valence electrons. The molecule has 0 aromatic rings. The van der Waals surface area contributed by atoms with Crippen LogP contribution in [0.3, 0.4) is 0 Å². The van der Waals surface area contributed by atoms with Gasteiger partial charge in [-0.1, -0.05) is 0 Å². The first-order valence-corrected chi connectivity index (χ1v) is 16.6. The van der Waals surface area contributed by atoms with Crippen molar-refractivity contribution >= 4 is 39.7 Å². The molecule has 0 aliphatic carbocycles.